The Bertz CT molecular complexity index is 417. The van der Waals surface area contributed by atoms with Crippen LogP contribution in [0.1, 0.15) is 39.5 Å². The fourth-order valence-corrected chi connectivity index (χ4v) is 4.05. The fraction of sp³-hybridized carbons (Fsp3) is 0.733. The molecule has 0 aliphatic heterocycles. The van der Waals surface area contributed by atoms with Crippen LogP contribution in [-0.2, 0) is 0 Å². The van der Waals surface area contributed by atoms with Gasteiger partial charge in [0.15, 0.2) is 0 Å². The maximum Gasteiger partial charge on any atom is 0.0821 e. The summed E-state index contributed by atoms with van der Waals surface area (Å²) in [6.45, 7) is 8.71. The average Bonchev–Trinajstić information content (AvgIpc) is 3.04. The van der Waals surface area contributed by atoms with Gasteiger partial charge in [0.2, 0.25) is 0 Å². The van der Waals surface area contributed by atoms with Crippen LogP contribution >= 0.6 is 0 Å². The number of rotatable bonds is 1. The predicted octanol–water partition coefficient (Wildman–Crippen LogP) is 2.42. The van der Waals surface area contributed by atoms with Crippen LogP contribution in [0, 0.1) is 16.7 Å². The van der Waals surface area contributed by atoms with Gasteiger partial charge in [0, 0.05) is 17.9 Å². The van der Waals surface area contributed by atoms with E-state index in [0.29, 0.717) is 0 Å². The lowest BCUT2D eigenvalue weighted by Crippen LogP contribution is -2.33. The van der Waals surface area contributed by atoms with Gasteiger partial charge in [-0.05, 0) is 43.6 Å². The molecule has 3 rings (SSSR count). The summed E-state index contributed by atoms with van der Waals surface area (Å²) in [5, 5.41) is 20.0. The van der Waals surface area contributed by atoms with Crippen LogP contribution in [-0.4, -0.2) is 22.9 Å². The first-order chi connectivity index (χ1) is 7.93. The van der Waals surface area contributed by atoms with E-state index in [-0.39, 0.29) is 29.5 Å². The van der Waals surface area contributed by atoms with E-state index in [0.717, 1.165) is 31.3 Å². The van der Waals surface area contributed by atoms with Gasteiger partial charge in [-0.1, -0.05) is 24.6 Å². The van der Waals surface area contributed by atoms with Gasteiger partial charge in [0.05, 0.1) is 6.10 Å². The first-order valence-corrected chi connectivity index (χ1v) is 6.62. The molecule has 17 heavy (non-hydrogen) atoms. The average molecular weight is 234 g/mol. The monoisotopic (exact) mass is 234 g/mol. The molecule has 2 fully saturated rings. The molecule has 2 heteroatoms. The molecule has 94 valence electrons. The van der Waals surface area contributed by atoms with Crippen molar-refractivity contribution < 1.29 is 10.2 Å². The molecule has 2 saturated carbocycles. The lowest BCUT2D eigenvalue weighted by molar-refractivity contribution is 0.107. The van der Waals surface area contributed by atoms with Gasteiger partial charge >= 0.3 is 0 Å². The van der Waals surface area contributed by atoms with Crippen molar-refractivity contribution in [2.45, 2.75) is 45.6 Å². The Morgan fingerprint density at radius 3 is 2.59 bits per heavy atom. The van der Waals surface area contributed by atoms with E-state index in [2.05, 4.69) is 20.4 Å². The second-order valence-electron chi connectivity index (χ2n) is 6.66. The summed E-state index contributed by atoms with van der Waals surface area (Å²) in [5.41, 5.74) is 3.99. The molecule has 0 amide bonds. The quantitative estimate of drug-likeness (QED) is 0.684. The van der Waals surface area contributed by atoms with Crippen molar-refractivity contribution in [2.24, 2.45) is 16.7 Å². The van der Waals surface area contributed by atoms with Crippen molar-refractivity contribution in [3.05, 3.63) is 23.3 Å². The highest BCUT2D eigenvalue weighted by atomic mass is 16.3. The van der Waals surface area contributed by atoms with E-state index in [1.165, 1.54) is 11.1 Å². The second kappa shape index (κ2) is 3.24. The zero-order chi connectivity index (χ0) is 12.4. The third-order valence-corrected chi connectivity index (χ3v) is 5.46. The summed E-state index contributed by atoms with van der Waals surface area (Å²) >= 11 is 0. The molecule has 0 aromatic heterocycles. The molecule has 2 nitrogen and oxygen atoms in total. The fourth-order valence-electron chi connectivity index (χ4n) is 4.05. The topological polar surface area (TPSA) is 40.5 Å². The van der Waals surface area contributed by atoms with Crippen LogP contribution in [0.25, 0.3) is 0 Å². The van der Waals surface area contributed by atoms with Crippen LogP contribution in [0.2, 0.25) is 0 Å². The van der Waals surface area contributed by atoms with Gasteiger partial charge in [0.25, 0.3) is 0 Å². The van der Waals surface area contributed by atoms with Crippen molar-refractivity contribution in [2.75, 3.05) is 6.61 Å². The van der Waals surface area contributed by atoms with Gasteiger partial charge < -0.3 is 10.2 Å². The highest BCUT2D eigenvalue weighted by Crippen LogP contribution is 2.65. The summed E-state index contributed by atoms with van der Waals surface area (Å²) in [6, 6.07) is 0. The molecular formula is C15H22O2. The summed E-state index contributed by atoms with van der Waals surface area (Å²) in [6.07, 6.45) is 3.77. The standard InChI is InChI=1S/C15H22O2/c1-9-11-6-14(3,8-16)7-12(11)13(17)10(2)15(9)4-5-15/h12-13,16-17H,2,4-8H2,1,3H3/t12-,13-,14-/m1/s1. The Morgan fingerprint density at radius 1 is 1.41 bits per heavy atom. The number of hydrogen-bond acceptors (Lipinski definition) is 2. The zero-order valence-electron chi connectivity index (χ0n) is 10.8. The molecule has 3 aliphatic carbocycles. The molecular weight excluding hydrogens is 212 g/mol. The van der Waals surface area contributed by atoms with E-state index >= 15 is 0 Å². The van der Waals surface area contributed by atoms with Crippen LogP contribution in [0.5, 0.6) is 0 Å². The van der Waals surface area contributed by atoms with Crippen LogP contribution < -0.4 is 0 Å². The molecule has 0 radical (unpaired) electrons. The maximum atomic E-state index is 10.5. The second-order valence-corrected chi connectivity index (χ2v) is 6.66. The van der Waals surface area contributed by atoms with Gasteiger partial charge in [-0.25, -0.2) is 0 Å². The van der Waals surface area contributed by atoms with Gasteiger partial charge in [-0.15, -0.1) is 0 Å². The Kier molecular flexibility index (Phi) is 2.19. The van der Waals surface area contributed by atoms with Crippen molar-refractivity contribution in [3.8, 4) is 0 Å². The van der Waals surface area contributed by atoms with Crippen LogP contribution in [0.3, 0.4) is 0 Å². The van der Waals surface area contributed by atoms with E-state index in [1.807, 2.05) is 0 Å². The molecule has 0 saturated heterocycles. The third-order valence-electron chi connectivity index (χ3n) is 5.46. The van der Waals surface area contributed by atoms with Crippen molar-refractivity contribution >= 4 is 0 Å². The molecule has 2 N–H and O–H groups in total. The minimum Gasteiger partial charge on any atom is -0.396 e. The van der Waals surface area contributed by atoms with Crippen LogP contribution in [0.15, 0.2) is 23.3 Å². The SMILES string of the molecule is C=C1[C@@H](O)[C@@H]2C[C@](C)(CO)CC2=C(C)C12CC2. The van der Waals surface area contributed by atoms with Gasteiger partial charge in [-0.2, -0.15) is 0 Å². The maximum absolute atomic E-state index is 10.5. The van der Waals surface area contributed by atoms with E-state index in [4.69, 9.17) is 0 Å². The Balaban J connectivity index is 2.06. The third kappa shape index (κ3) is 1.34. The van der Waals surface area contributed by atoms with Crippen molar-refractivity contribution in [1.82, 2.24) is 0 Å². The molecule has 0 bridgehead atoms. The van der Waals surface area contributed by atoms with Gasteiger partial charge in [0.1, 0.15) is 0 Å². The Hall–Kier alpha value is -0.600. The number of allylic oxidation sites excluding steroid dienone is 1. The zero-order valence-corrected chi connectivity index (χ0v) is 10.8. The Morgan fingerprint density at radius 2 is 2.06 bits per heavy atom. The molecule has 1 spiro atoms. The first kappa shape index (κ1) is 11.5. The molecule has 0 unspecified atom stereocenters. The molecule has 0 aromatic rings. The largest absolute Gasteiger partial charge is 0.396 e. The lowest BCUT2D eigenvalue weighted by atomic mass is 9.71. The highest BCUT2D eigenvalue weighted by Gasteiger charge is 2.57. The summed E-state index contributed by atoms with van der Waals surface area (Å²) in [4.78, 5) is 0. The van der Waals surface area contributed by atoms with E-state index in [9.17, 15) is 10.2 Å². The number of aliphatic hydroxyl groups excluding tert-OH is 2. The summed E-state index contributed by atoms with van der Waals surface area (Å²) in [5.74, 6) is 0.214. The van der Waals surface area contributed by atoms with Crippen molar-refractivity contribution in [1.29, 1.82) is 0 Å². The molecule has 0 aromatic carbocycles. The molecule has 0 heterocycles. The number of hydrogen-bond donors (Lipinski definition) is 2. The minimum atomic E-state index is -0.385. The smallest absolute Gasteiger partial charge is 0.0821 e. The summed E-state index contributed by atoms with van der Waals surface area (Å²) in [7, 11) is 0. The highest BCUT2D eigenvalue weighted by molar-refractivity contribution is 5.46. The van der Waals surface area contributed by atoms with Gasteiger partial charge in [-0.3, -0.25) is 0 Å². The lowest BCUT2D eigenvalue weighted by Gasteiger charge is -2.36. The predicted molar refractivity (Wildman–Crippen MR) is 67.4 cm³/mol. The first-order valence-electron chi connectivity index (χ1n) is 6.62. The molecule has 3 aliphatic rings. The number of aliphatic hydroxyl groups is 2. The Labute approximate surface area is 103 Å². The normalized spacial score (nSPS) is 43.2. The van der Waals surface area contributed by atoms with E-state index in [1.54, 1.807) is 0 Å². The van der Waals surface area contributed by atoms with Crippen molar-refractivity contribution in [3.63, 3.8) is 0 Å². The van der Waals surface area contributed by atoms with E-state index < -0.39 is 0 Å². The minimum absolute atomic E-state index is 0.0387. The molecule has 3 atom stereocenters. The number of fused-ring (bicyclic) bond motifs is 1. The van der Waals surface area contributed by atoms with Crippen LogP contribution in [0.4, 0.5) is 0 Å². The summed E-state index contributed by atoms with van der Waals surface area (Å²) < 4.78 is 0.